The van der Waals surface area contributed by atoms with Crippen LogP contribution < -0.4 is 10.1 Å². The topological polar surface area (TPSA) is 38.3 Å². The summed E-state index contributed by atoms with van der Waals surface area (Å²) in [6, 6.07) is 3.98. The summed E-state index contributed by atoms with van der Waals surface area (Å²) >= 11 is 0. The fraction of sp³-hybridized carbons (Fsp3) is 0.417. The molecule has 0 unspecified atom stereocenters. The van der Waals surface area contributed by atoms with Gasteiger partial charge < -0.3 is 10.1 Å². The molecule has 0 atom stereocenters. The molecule has 0 bridgehead atoms. The Hall–Kier alpha value is -1.72. The zero-order chi connectivity index (χ0) is 13.9. The molecule has 100 valence electrons. The Kier molecular flexibility index (Phi) is 4.21. The van der Waals surface area contributed by atoms with Gasteiger partial charge in [-0.25, -0.2) is 0 Å². The number of hydrogen-bond acceptors (Lipinski definition) is 2. The Morgan fingerprint density at radius 2 is 1.94 bits per heavy atom. The van der Waals surface area contributed by atoms with Crippen LogP contribution in [0.15, 0.2) is 18.2 Å². The van der Waals surface area contributed by atoms with Crippen molar-refractivity contribution in [3.8, 4) is 5.75 Å². The van der Waals surface area contributed by atoms with Gasteiger partial charge in [-0.1, -0.05) is 13.8 Å². The maximum absolute atomic E-state index is 12.0. The summed E-state index contributed by atoms with van der Waals surface area (Å²) in [7, 11) is 0. The number of rotatable bonds is 3. The molecule has 0 radical (unpaired) electrons. The van der Waals surface area contributed by atoms with Crippen molar-refractivity contribution >= 4 is 11.6 Å². The van der Waals surface area contributed by atoms with E-state index in [1.807, 2.05) is 0 Å². The van der Waals surface area contributed by atoms with Gasteiger partial charge in [0.2, 0.25) is 5.91 Å². The normalized spacial score (nSPS) is 11.5. The lowest BCUT2D eigenvalue weighted by atomic mass is 10.1. The van der Waals surface area contributed by atoms with Crippen LogP contribution >= 0.6 is 0 Å². The highest BCUT2D eigenvalue weighted by atomic mass is 19.4. The fourth-order valence-electron chi connectivity index (χ4n) is 1.25. The molecule has 0 aliphatic carbocycles. The van der Waals surface area contributed by atoms with Gasteiger partial charge in [0.1, 0.15) is 5.75 Å². The lowest BCUT2D eigenvalue weighted by Gasteiger charge is -2.13. The SMILES string of the molecule is Cc1cc(NC(=O)C(C)C)ccc1OC(F)(F)F. The van der Waals surface area contributed by atoms with Crippen LogP contribution in [0, 0.1) is 12.8 Å². The van der Waals surface area contributed by atoms with Gasteiger partial charge in [0.25, 0.3) is 0 Å². The van der Waals surface area contributed by atoms with Crippen molar-refractivity contribution in [2.45, 2.75) is 27.1 Å². The first-order chi connectivity index (χ1) is 8.19. The standard InChI is InChI=1S/C12H14F3NO2/c1-7(2)11(17)16-9-4-5-10(8(3)6-9)18-12(13,14)15/h4-7H,1-3H3,(H,16,17). The number of hydrogen-bond donors (Lipinski definition) is 1. The van der Waals surface area contributed by atoms with Crippen LogP contribution in [0.1, 0.15) is 19.4 Å². The third-order valence-electron chi connectivity index (χ3n) is 2.19. The van der Waals surface area contributed by atoms with Gasteiger partial charge in [-0.15, -0.1) is 13.2 Å². The summed E-state index contributed by atoms with van der Waals surface area (Å²) in [5.41, 5.74) is 0.745. The summed E-state index contributed by atoms with van der Waals surface area (Å²) in [4.78, 5) is 11.4. The maximum atomic E-state index is 12.0. The van der Waals surface area contributed by atoms with E-state index in [0.29, 0.717) is 11.3 Å². The molecule has 1 aromatic carbocycles. The van der Waals surface area contributed by atoms with E-state index < -0.39 is 6.36 Å². The Balaban J connectivity index is 2.83. The minimum Gasteiger partial charge on any atom is -0.406 e. The Morgan fingerprint density at radius 1 is 1.33 bits per heavy atom. The van der Waals surface area contributed by atoms with Crippen molar-refractivity contribution < 1.29 is 22.7 Å². The predicted molar refractivity (Wildman–Crippen MR) is 61.3 cm³/mol. The van der Waals surface area contributed by atoms with Gasteiger partial charge in [-0.3, -0.25) is 4.79 Å². The zero-order valence-corrected chi connectivity index (χ0v) is 10.3. The largest absolute Gasteiger partial charge is 0.573 e. The lowest BCUT2D eigenvalue weighted by Crippen LogP contribution is -2.19. The molecule has 1 N–H and O–H groups in total. The van der Waals surface area contributed by atoms with Crippen molar-refractivity contribution in [3.05, 3.63) is 23.8 Å². The van der Waals surface area contributed by atoms with Gasteiger partial charge in [0.05, 0.1) is 0 Å². The molecule has 1 aromatic rings. The minimum atomic E-state index is -4.71. The van der Waals surface area contributed by atoms with Gasteiger partial charge in [-0.2, -0.15) is 0 Å². The zero-order valence-electron chi connectivity index (χ0n) is 10.3. The van der Waals surface area contributed by atoms with Crippen molar-refractivity contribution in [3.63, 3.8) is 0 Å². The van der Waals surface area contributed by atoms with Crippen LogP contribution in [-0.2, 0) is 4.79 Å². The monoisotopic (exact) mass is 261 g/mol. The molecule has 0 spiro atoms. The molecule has 0 saturated heterocycles. The van der Waals surface area contributed by atoms with E-state index >= 15 is 0 Å². The van der Waals surface area contributed by atoms with E-state index in [4.69, 9.17) is 0 Å². The highest BCUT2D eigenvalue weighted by Gasteiger charge is 2.31. The molecule has 0 aromatic heterocycles. The van der Waals surface area contributed by atoms with E-state index in [-0.39, 0.29) is 17.6 Å². The summed E-state index contributed by atoms with van der Waals surface area (Å²) < 4.78 is 40.0. The van der Waals surface area contributed by atoms with Crippen LogP contribution in [-0.4, -0.2) is 12.3 Å². The number of carbonyl (C=O) groups is 1. The van der Waals surface area contributed by atoms with Crippen LogP contribution in [0.25, 0.3) is 0 Å². The summed E-state index contributed by atoms with van der Waals surface area (Å²) in [6.45, 7) is 4.93. The molecule has 0 fully saturated rings. The van der Waals surface area contributed by atoms with Crippen LogP contribution in [0.4, 0.5) is 18.9 Å². The molecule has 0 aliphatic heterocycles. The molecule has 6 heteroatoms. The predicted octanol–water partition coefficient (Wildman–Crippen LogP) is 3.49. The smallest absolute Gasteiger partial charge is 0.406 e. The molecule has 0 aliphatic rings. The number of anilines is 1. The second-order valence-electron chi connectivity index (χ2n) is 4.17. The Bertz CT molecular complexity index is 441. The number of aryl methyl sites for hydroxylation is 1. The van der Waals surface area contributed by atoms with Crippen molar-refractivity contribution in [2.24, 2.45) is 5.92 Å². The number of ether oxygens (including phenoxy) is 1. The maximum Gasteiger partial charge on any atom is 0.573 e. The molecule has 3 nitrogen and oxygen atoms in total. The number of benzene rings is 1. The summed E-state index contributed by atoms with van der Waals surface area (Å²) in [5, 5.41) is 2.60. The Labute approximate surface area is 103 Å². The first kappa shape index (κ1) is 14.3. The summed E-state index contributed by atoms with van der Waals surface area (Å²) in [5.74, 6) is -0.666. The third kappa shape index (κ3) is 4.27. The Morgan fingerprint density at radius 3 is 2.39 bits per heavy atom. The van der Waals surface area contributed by atoms with Gasteiger partial charge in [-0.05, 0) is 30.7 Å². The molecular formula is C12H14F3NO2. The van der Waals surface area contributed by atoms with E-state index in [2.05, 4.69) is 10.1 Å². The van der Waals surface area contributed by atoms with Crippen molar-refractivity contribution in [1.29, 1.82) is 0 Å². The fourth-order valence-corrected chi connectivity index (χ4v) is 1.25. The first-order valence-corrected chi connectivity index (χ1v) is 5.36. The number of amides is 1. The minimum absolute atomic E-state index is 0.195. The van der Waals surface area contributed by atoms with Crippen LogP contribution in [0.3, 0.4) is 0 Å². The van der Waals surface area contributed by atoms with E-state index in [0.717, 1.165) is 0 Å². The highest BCUT2D eigenvalue weighted by molar-refractivity contribution is 5.92. The highest BCUT2D eigenvalue weighted by Crippen LogP contribution is 2.28. The first-order valence-electron chi connectivity index (χ1n) is 5.36. The molecule has 1 rings (SSSR count). The summed E-state index contributed by atoms with van der Waals surface area (Å²) in [6.07, 6.45) is -4.71. The second-order valence-corrected chi connectivity index (χ2v) is 4.17. The molecular weight excluding hydrogens is 247 g/mol. The van der Waals surface area contributed by atoms with E-state index in [9.17, 15) is 18.0 Å². The van der Waals surface area contributed by atoms with E-state index in [1.54, 1.807) is 13.8 Å². The average molecular weight is 261 g/mol. The second kappa shape index (κ2) is 5.29. The third-order valence-corrected chi connectivity index (χ3v) is 2.19. The quantitative estimate of drug-likeness (QED) is 0.904. The molecule has 0 saturated carbocycles. The molecule has 1 amide bonds. The molecule has 0 heterocycles. The van der Waals surface area contributed by atoms with Crippen LogP contribution in [0.2, 0.25) is 0 Å². The van der Waals surface area contributed by atoms with Crippen LogP contribution in [0.5, 0.6) is 5.75 Å². The number of nitrogens with one attached hydrogen (secondary N) is 1. The van der Waals surface area contributed by atoms with Crippen molar-refractivity contribution in [1.82, 2.24) is 0 Å². The average Bonchev–Trinajstić information content (AvgIpc) is 2.20. The number of carbonyl (C=O) groups excluding carboxylic acids is 1. The van der Waals surface area contributed by atoms with E-state index in [1.165, 1.54) is 25.1 Å². The molecule has 18 heavy (non-hydrogen) atoms. The van der Waals surface area contributed by atoms with Gasteiger partial charge >= 0.3 is 6.36 Å². The van der Waals surface area contributed by atoms with Gasteiger partial charge in [0, 0.05) is 11.6 Å². The number of halogens is 3. The number of alkyl halides is 3. The lowest BCUT2D eigenvalue weighted by molar-refractivity contribution is -0.274. The van der Waals surface area contributed by atoms with Gasteiger partial charge in [0.15, 0.2) is 0 Å². The van der Waals surface area contributed by atoms with Crippen molar-refractivity contribution in [2.75, 3.05) is 5.32 Å².